The number of nitrogens with one attached hydrogen (secondary N) is 1. The average molecular weight is 594 g/mol. The Labute approximate surface area is 258 Å². The van der Waals surface area contributed by atoms with Gasteiger partial charge in [-0.1, -0.05) is 79.7 Å². The Bertz CT molecular complexity index is 1510. The van der Waals surface area contributed by atoms with Gasteiger partial charge in [0.2, 0.25) is 0 Å². The number of carbonyl (C=O) groups is 1. The smallest absolute Gasteiger partial charge is 0.253 e. The van der Waals surface area contributed by atoms with Crippen molar-refractivity contribution >= 4 is 5.91 Å². The van der Waals surface area contributed by atoms with Crippen LogP contribution >= 0.6 is 0 Å². The molecule has 228 valence electrons. The molecule has 0 spiro atoms. The highest BCUT2D eigenvalue weighted by atomic mass is 16.7. The lowest BCUT2D eigenvalue weighted by atomic mass is 9.90. The number of nitrogens with zero attached hydrogens (tertiary/aromatic N) is 2. The highest BCUT2D eigenvalue weighted by Gasteiger charge is 2.39. The van der Waals surface area contributed by atoms with Gasteiger partial charge in [0.1, 0.15) is 0 Å². The number of ether oxygens (including phenoxy) is 3. The number of benzene rings is 3. The molecule has 2 fully saturated rings. The Kier molecular flexibility index (Phi) is 9.75. The molecule has 2 N–H and O–H groups in total. The first kappa shape index (κ1) is 30.1. The molecule has 0 bridgehead atoms. The molecular formula is C36H39N3O5. The third kappa shape index (κ3) is 7.07. The van der Waals surface area contributed by atoms with Gasteiger partial charge in [0, 0.05) is 50.1 Å². The fourth-order valence-electron chi connectivity index (χ4n) is 5.92. The van der Waals surface area contributed by atoms with E-state index in [1.54, 1.807) is 24.5 Å². The monoisotopic (exact) mass is 593 g/mol. The normalized spacial score (nSPS) is 22.4. The second kappa shape index (κ2) is 14.2. The molecule has 0 unspecified atom stereocenters. The van der Waals surface area contributed by atoms with Crippen molar-refractivity contribution in [2.75, 3.05) is 32.8 Å². The Hall–Kier alpha value is -3.92. The molecule has 2 aliphatic heterocycles. The molecule has 3 aromatic carbocycles. The fraction of sp³-hybridized carbons (Fsp3) is 0.333. The number of morpholine rings is 1. The van der Waals surface area contributed by atoms with E-state index >= 15 is 0 Å². The first-order chi connectivity index (χ1) is 21.6. The van der Waals surface area contributed by atoms with Gasteiger partial charge in [0.25, 0.3) is 5.91 Å². The van der Waals surface area contributed by atoms with Gasteiger partial charge in [-0.2, -0.15) is 0 Å². The van der Waals surface area contributed by atoms with Crippen LogP contribution in [0.1, 0.15) is 51.9 Å². The van der Waals surface area contributed by atoms with E-state index in [9.17, 15) is 9.90 Å². The van der Waals surface area contributed by atoms with Gasteiger partial charge in [-0.25, -0.2) is 0 Å². The minimum Gasteiger partial charge on any atom is -0.392 e. The van der Waals surface area contributed by atoms with Gasteiger partial charge in [0.05, 0.1) is 37.6 Å². The number of aromatic nitrogens is 1. The maximum absolute atomic E-state index is 12.6. The third-order valence-electron chi connectivity index (χ3n) is 8.54. The summed E-state index contributed by atoms with van der Waals surface area (Å²) < 4.78 is 18.9. The lowest BCUT2D eigenvalue weighted by molar-refractivity contribution is -0.277. The van der Waals surface area contributed by atoms with Gasteiger partial charge >= 0.3 is 0 Å². The molecule has 0 saturated carbocycles. The molecule has 8 nitrogen and oxygen atoms in total. The van der Waals surface area contributed by atoms with Crippen molar-refractivity contribution < 1.29 is 24.1 Å². The van der Waals surface area contributed by atoms with Gasteiger partial charge < -0.3 is 24.6 Å². The number of rotatable bonds is 9. The van der Waals surface area contributed by atoms with Crippen molar-refractivity contribution in [3.63, 3.8) is 0 Å². The number of hydrogen-bond donors (Lipinski definition) is 2. The van der Waals surface area contributed by atoms with E-state index in [2.05, 4.69) is 52.5 Å². The Morgan fingerprint density at radius 2 is 1.68 bits per heavy atom. The van der Waals surface area contributed by atoms with Crippen molar-refractivity contribution in [2.24, 2.45) is 5.92 Å². The quantitative estimate of drug-likeness (QED) is 0.272. The summed E-state index contributed by atoms with van der Waals surface area (Å²) in [7, 11) is 0. The zero-order chi connectivity index (χ0) is 30.3. The topological polar surface area (TPSA) is 93.2 Å². The van der Waals surface area contributed by atoms with Crippen LogP contribution < -0.4 is 5.32 Å². The number of hydrogen-bond acceptors (Lipinski definition) is 7. The summed E-state index contributed by atoms with van der Waals surface area (Å²) >= 11 is 0. The molecule has 0 radical (unpaired) electrons. The number of pyridine rings is 1. The zero-order valence-electron chi connectivity index (χ0n) is 25.0. The lowest BCUT2D eigenvalue weighted by Gasteiger charge is -2.43. The standard InChI is InChI=1S/C36H39N3O5/c1-25-33(23-39-17-19-42-20-18-39)43-36(44-34(25)28-10-8-26(24-40)9-11-28)29-14-12-27(13-15-29)32-7-3-2-5-30(32)22-38-35(41)31-6-4-16-37-21-31/h2-16,21,25,33-34,36,40H,17-20,22-24H2,1H3,(H,38,41)/t25-,33+,34+,36+/m0/s1. The number of aliphatic hydroxyl groups is 1. The van der Waals surface area contributed by atoms with Crippen LogP contribution in [0.3, 0.4) is 0 Å². The fourth-order valence-corrected chi connectivity index (χ4v) is 5.92. The van der Waals surface area contributed by atoms with Gasteiger partial charge in [-0.15, -0.1) is 0 Å². The number of aliphatic hydroxyl groups excluding tert-OH is 1. The Morgan fingerprint density at radius 1 is 0.932 bits per heavy atom. The first-order valence-electron chi connectivity index (χ1n) is 15.3. The predicted molar refractivity (Wildman–Crippen MR) is 168 cm³/mol. The molecule has 0 aliphatic carbocycles. The van der Waals surface area contributed by atoms with E-state index in [1.165, 1.54) is 0 Å². The molecule has 4 atom stereocenters. The third-order valence-corrected chi connectivity index (χ3v) is 8.54. The second-order valence-corrected chi connectivity index (χ2v) is 11.4. The molecule has 1 amide bonds. The van der Waals surface area contributed by atoms with Crippen molar-refractivity contribution in [2.45, 2.75) is 38.6 Å². The summed E-state index contributed by atoms with van der Waals surface area (Å²) in [5.74, 6) is -0.0293. The van der Waals surface area contributed by atoms with E-state index in [1.807, 2.05) is 42.5 Å². The molecule has 3 heterocycles. The van der Waals surface area contributed by atoms with Gasteiger partial charge in [-0.05, 0) is 39.9 Å². The largest absolute Gasteiger partial charge is 0.392 e. The zero-order valence-corrected chi connectivity index (χ0v) is 25.0. The van der Waals surface area contributed by atoms with Crippen LogP contribution in [0.4, 0.5) is 0 Å². The van der Waals surface area contributed by atoms with E-state index in [4.69, 9.17) is 14.2 Å². The van der Waals surface area contributed by atoms with Gasteiger partial charge in [0.15, 0.2) is 6.29 Å². The summed E-state index contributed by atoms with van der Waals surface area (Å²) in [6, 6.07) is 27.9. The summed E-state index contributed by atoms with van der Waals surface area (Å²) in [4.78, 5) is 19.1. The van der Waals surface area contributed by atoms with Crippen LogP contribution in [-0.2, 0) is 27.4 Å². The summed E-state index contributed by atoms with van der Waals surface area (Å²) in [6.07, 6.45) is 2.51. The summed E-state index contributed by atoms with van der Waals surface area (Å²) in [6.45, 7) is 6.68. The van der Waals surface area contributed by atoms with Gasteiger partial charge in [-0.3, -0.25) is 14.7 Å². The lowest BCUT2D eigenvalue weighted by Crippen LogP contribution is -2.47. The van der Waals surface area contributed by atoms with Crippen molar-refractivity contribution in [3.05, 3.63) is 125 Å². The minimum absolute atomic E-state index is 0.0130. The van der Waals surface area contributed by atoms with Crippen LogP contribution in [-0.4, -0.2) is 59.8 Å². The number of carbonyl (C=O) groups excluding carboxylic acids is 1. The highest BCUT2D eigenvalue weighted by molar-refractivity contribution is 5.93. The Balaban J connectivity index is 1.21. The van der Waals surface area contributed by atoms with E-state index in [-0.39, 0.29) is 30.6 Å². The van der Waals surface area contributed by atoms with E-state index in [0.29, 0.717) is 12.1 Å². The Morgan fingerprint density at radius 3 is 2.41 bits per heavy atom. The van der Waals surface area contributed by atoms with Crippen LogP contribution in [0, 0.1) is 5.92 Å². The molecule has 2 saturated heterocycles. The predicted octanol–water partition coefficient (Wildman–Crippen LogP) is 5.29. The molecule has 1 aromatic heterocycles. The van der Waals surface area contributed by atoms with Crippen molar-refractivity contribution in [1.82, 2.24) is 15.2 Å². The molecule has 4 aromatic rings. The molecule has 44 heavy (non-hydrogen) atoms. The van der Waals surface area contributed by atoms with E-state index in [0.717, 1.165) is 66.2 Å². The average Bonchev–Trinajstić information content (AvgIpc) is 3.09. The molecule has 8 heteroatoms. The molecule has 6 rings (SSSR count). The van der Waals surface area contributed by atoms with Crippen LogP contribution in [0.25, 0.3) is 11.1 Å². The van der Waals surface area contributed by atoms with Crippen molar-refractivity contribution in [1.29, 1.82) is 0 Å². The molecule has 2 aliphatic rings. The highest BCUT2D eigenvalue weighted by Crippen LogP contribution is 2.42. The first-order valence-corrected chi connectivity index (χ1v) is 15.3. The molecular weight excluding hydrogens is 554 g/mol. The van der Waals surface area contributed by atoms with Crippen LogP contribution in [0.15, 0.2) is 97.3 Å². The van der Waals surface area contributed by atoms with Crippen molar-refractivity contribution in [3.8, 4) is 11.1 Å². The van der Waals surface area contributed by atoms with E-state index < -0.39 is 6.29 Å². The van der Waals surface area contributed by atoms with Crippen LogP contribution in [0.2, 0.25) is 0 Å². The van der Waals surface area contributed by atoms with Crippen LogP contribution in [0.5, 0.6) is 0 Å². The number of amides is 1. The maximum atomic E-state index is 12.6. The SMILES string of the molecule is C[C@H]1[C@@H](CN2CCOCC2)O[C@@H](c2ccc(-c3ccccc3CNC(=O)c3cccnc3)cc2)O[C@H]1c1ccc(CO)cc1. The minimum atomic E-state index is -0.525. The second-order valence-electron chi connectivity index (χ2n) is 11.4. The maximum Gasteiger partial charge on any atom is 0.253 e. The summed E-state index contributed by atoms with van der Waals surface area (Å²) in [5, 5.41) is 12.6. The summed E-state index contributed by atoms with van der Waals surface area (Å²) in [5.41, 5.74) is 6.56.